The van der Waals surface area contributed by atoms with Crippen molar-refractivity contribution < 1.29 is 4.52 Å². The number of aryl methyl sites for hydroxylation is 1. The van der Waals surface area contributed by atoms with Crippen molar-refractivity contribution in [3.05, 3.63) is 46.5 Å². The molecule has 6 nitrogen and oxygen atoms in total. The van der Waals surface area contributed by atoms with E-state index in [9.17, 15) is 0 Å². The molecule has 7 heteroatoms. The maximum Gasteiger partial charge on any atom is 0.244 e. The maximum absolute atomic E-state index is 5.42. The quantitative estimate of drug-likeness (QED) is 0.691. The second-order valence-corrected chi connectivity index (χ2v) is 6.56. The number of rotatable bonds is 6. The molecule has 0 bridgehead atoms. The number of aromatic nitrogens is 4. The molecular weight excluding hydrogens is 310 g/mol. The minimum Gasteiger partial charge on any atom is -0.337 e. The van der Waals surface area contributed by atoms with Crippen LogP contribution in [0.25, 0.3) is 11.4 Å². The topological polar surface area (TPSA) is 67.9 Å². The van der Waals surface area contributed by atoms with Crippen LogP contribution in [-0.4, -0.2) is 32.1 Å². The first kappa shape index (κ1) is 15.8. The van der Waals surface area contributed by atoms with Gasteiger partial charge in [-0.05, 0) is 32.5 Å². The summed E-state index contributed by atoms with van der Waals surface area (Å²) in [7, 11) is 2.05. The predicted molar refractivity (Wildman–Crippen MR) is 88.9 cm³/mol. The molecule has 0 aliphatic rings. The van der Waals surface area contributed by atoms with Crippen molar-refractivity contribution in [1.29, 1.82) is 0 Å². The van der Waals surface area contributed by atoms with Crippen LogP contribution in [0.2, 0.25) is 0 Å². The molecule has 0 saturated carbocycles. The Balaban J connectivity index is 1.70. The number of hydrogen-bond donors (Lipinski definition) is 0. The average molecular weight is 329 g/mol. The summed E-state index contributed by atoms with van der Waals surface area (Å²) in [6, 6.07) is 3.80. The van der Waals surface area contributed by atoms with E-state index in [4.69, 9.17) is 4.52 Å². The summed E-state index contributed by atoms with van der Waals surface area (Å²) < 4.78 is 5.42. The van der Waals surface area contributed by atoms with Crippen LogP contribution in [0.1, 0.15) is 35.7 Å². The fraction of sp³-hybridized carbons (Fsp3) is 0.375. The second-order valence-electron chi connectivity index (χ2n) is 5.36. The molecule has 0 aliphatic heterocycles. The molecule has 1 atom stereocenters. The van der Waals surface area contributed by atoms with Gasteiger partial charge in [-0.1, -0.05) is 12.1 Å². The number of thiazole rings is 1. The normalized spacial score (nSPS) is 12.7. The van der Waals surface area contributed by atoms with E-state index in [1.54, 1.807) is 23.7 Å². The van der Waals surface area contributed by atoms with Crippen molar-refractivity contribution in [2.24, 2.45) is 0 Å². The van der Waals surface area contributed by atoms with Gasteiger partial charge < -0.3 is 4.52 Å². The Labute approximate surface area is 139 Å². The third-order valence-electron chi connectivity index (χ3n) is 3.69. The third-order valence-corrected chi connectivity index (χ3v) is 4.82. The van der Waals surface area contributed by atoms with Gasteiger partial charge in [0.15, 0.2) is 0 Å². The largest absolute Gasteiger partial charge is 0.337 e. The summed E-state index contributed by atoms with van der Waals surface area (Å²) >= 11 is 1.75. The highest BCUT2D eigenvalue weighted by Crippen LogP contribution is 2.24. The van der Waals surface area contributed by atoms with E-state index in [-0.39, 0.29) is 6.04 Å². The highest BCUT2D eigenvalue weighted by Gasteiger charge is 2.20. The van der Waals surface area contributed by atoms with Gasteiger partial charge in [-0.3, -0.25) is 9.88 Å². The van der Waals surface area contributed by atoms with E-state index in [0.717, 1.165) is 23.5 Å². The molecule has 3 aromatic rings. The molecule has 0 fully saturated rings. The van der Waals surface area contributed by atoms with Crippen molar-refractivity contribution in [1.82, 2.24) is 25.0 Å². The molecular formula is C16H19N5OS. The van der Waals surface area contributed by atoms with Crippen molar-refractivity contribution in [2.45, 2.75) is 32.9 Å². The Bertz CT molecular complexity index is 755. The highest BCUT2D eigenvalue weighted by molar-refractivity contribution is 7.11. The van der Waals surface area contributed by atoms with Gasteiger partial charge in [-0.2, -0.15) is 4.98 Å². The average Bonchev–Trinajstić information content (AvgIpc) is 3.24. The van der Waals surface area contributed by atoms with E-state index in [0.29, 0.717) is 11.7 Å². The lowest BCUT2D eigenvalue weighted by atomic mass is 10.2. The van der Waals surface area contributed by atoms with Gasteiger partial charge in [0, 0.05) is 35.6 Å². The standard InChI is InChI=1S/C16H19N5OS/c1-4-14-18-9-13(23-14)10-21(3)11(2)16-19-15(20-22-16)12-6-5-7-17-8-12/h5-9,11H,4,10H2,1-3H3/t11-/m1/s1. The molecule has 23 heavy (non-hydrogen) atoms. The van der Waals surface area contributed by atoms with Gasteiger partial charge in [-0.25, -0.2) is 4.98 Å². The molecule has 0 aromatic carbocycles. The van der Waals surface area contributed by atoms with Crippen LogP contribution in [0, 0.1) is 0 Å². The third kappa shape index (κ3) is 3.62. The first-order valence-corrected chi connectivity index (χ1v) is 8.37. The molecule has 0 spiro atoms. The smallest absolute Gasteiger partial charge is 0.244 e. The summed E-state index contributed by atoms with van der Waals surface area (Å²) in [5.74, 6) is 1.17. The molecule has 0 unspecified atom stereocenters. The monoisotopic (exact) mass is 329 g/mol. The molecule has 3 aromatic heterocycles. The molecule has 120 valence electrons. The fourth-order valence-electron chi connectivity index (χ4n) is 2.17. The molecule has 0 saturated heterocycles. The summed E-state index contributed by atoms with van der Waals surface area (Å²) in [4.78, 5) is 16.4. The summed E-state index contributed by atoms with van der Waals surface area (Å²) in [6.45, 7) is 4.99. The Kier molecular flexibility index (Phi) is 4.78. The van der Waals surface area contributed by atoms with Crippen molar-refractivity contribution >= 4 is 11.3 Å². The number of nitrogens with zero attached hydrogens (tertiary/aromatic N) is 5. The van der Waals surface area contributed by atoms with Crippen molar-refractivity contribution in [3.63, 3.8) is 0 Å². The van der Waals surface area contributed by atoms with Crippen molar-refractivity contribution in [2.75, 3.05) is 7.05 Å². The van der Waals surface area contributed by atoms with E-state index in [2.05, 4.69) is 38.9 Å². The van der Waals surface area contributed by atoms with Crippen LogP contribution in [0.5, 0.6) is 0 Å². The first-order chi connectivity index (χ1) is 11.2. The van der Waals surface area contributed by atoms with Gasteiger partial charge in [-0.15, -0.1) is 11.3 Å². The van der Waals surface area contributed by atoms with Gasteiger partial charge >= 0.3 is 0 Å². The van der Waals surface area contributed by atoms with Gasteiger partial charge in [0.05, 0.1) is 11.0 Å². The van der Waals surface area contributed by atoms with Gasteiger partial charge in [0.25, 0.3) is 0 Å². The highest BCUT2D eigenvalue weighted by atomic mass is 32.1. The summed E-state index contributed by atoms with van der Waals surface area (Å²) in [5, 5.41) is 5.22. The van der Waals surface area contributed by atoms with Crippen LogP contribution in [0.15, 0.2) is 35.2 Å². The molecule has 0 aliphatic carbocycles. The molecule has 0 amide bonds. The lowest BCUT2D eigenvalue weighted by Gasteiger charge is -2.20. The maximum atomic E-state index is 5.42. The SMILES string of the molecule is CCc1ncc(CN(C)[C@H](C)c2nc(-c3cccnc3)no2)s1. The van der Waals surface area contributed by atoms with Crippen LogP contribution in [0.4, 0.5) is 0 Å². The van der Waals surface area contributed by atoms with Crippen molar-refractivity contribution in [3.8, 4) is 11.4 Å². The molecule has 0 N–H and O–H groups in total. The zero-order valence-corrected chi connectivity index (χ0v) is 14.2. The van der Waals surface area contributed by atoms with Crippen LogP contribution in [0.3, 0.4) is 0 Å². The Morgan fingerprint density at radius 3 is 2.91 bits per heavy atom. The fourth-order valence-corrected chi connectivity index (χ4v) is 3.10. The van der Waals surface area contributed by atoms with Crippen LogP contribution >= 0.6 is 11.3 Å². The summed E-state index contributed by atoms with van der Waals surface area (Å²) in [6.07, 6.45) is 6.37. The number of pyridine rings is 1. The van der Waals surface area contributed by atoms with Gasteiger partial charge in [0.2, 0.25) is 11.7 Å². The first-order valence-electron chi connectivity index (χ1n) is 7.55. The Morgan fingerprint density at radius 1 is 1.35 bits per heavy atom. The van der Waals surface area contributed by atoms with Gasteiger partial charge in [0.1, 0.15) is 0 Å². The van der Waals surface area contributed by atoms with Crippen LogP contribution in [-0.2, 0) is 13.0 Å². The Hall–Kier alpha value is -2.12. The lowest BCUT2D eigenvalue weighted by Crippen LogP contribution is -2.21. The molecule has 3 rings (SSSR count). The summed E-state index contributed by atoms with van der Waals surface area (Å²) in [5.41, 5.74) is 0.854. The zero-order valence-electron chi connectivity index (χ0n) is 13.4. The molecule has 3 heterocycles. The molecule has 0 radical (unpaired) electrons. The predicted octanol–water partition coefficient (Wildman–Crippen LogP) is 3.34. The van der Waals surface area contributed by atoms with E-state index < -0.39 is 0 Å². The van der Waals surface area contributed by atoms with Crippen LogP contribution < -0.4 is 0 Å². The van der Waals surface area contributed by atoms with E-state index >= 15 is 0 Å². The minimum atomic E-state index is 0.0279. The van der Waals surface area contributed by atoms with E-state index in [1.807, 2.05) is 25.4 Å². The second kappa shape index (κ2) is 6.97. The van der Waals surface area contributed by atoms with E-state index in [1.165, 1.54) is 4.88 Å². The number of hydrogen-bond acceptors (Lipinski definition) is 7. The lowest BCUT2D eigenvalue weighted by molar-refractivity contribution is 0.204. The minimum absolute atomic E-state index is 0.0279. The Morgan fingerprint density at radius 2 is 2.22 bits per heavy atom. The zero-order chi connectivity index (χ0) is 16.2.